The number of hydrogen-bond acceptors (Lipinski definition) is 5. The van der Waals surface area contributed by atoms with Crippen LogP contribution >= 0.6 is 0 Å². The largest absolute Gasteiger partial charge is 0.376 e. The third-order valence-electron chi connectivity index (χ3n) is 5.49. The van der Waals surface area contributed by atoms with Gasteiger partial charge in [-0.05, 0) is 44.9 Å². The number of rotatable bonds is 4. The molecule has 2 unspecified atom stereocenters. The van der Waals surface area contributed by atoms with Gasteiger partial charge in [0.05, 0.1) is 23.7 Å². The molecule has 0 aromatic carbocycles. The molecule has 0 radical (unpaired) electrons. The molecule has 1 N–H and O–H groups in total. The van der Waals surface area contributed by atoms with Crippen molar-refractivity contribution in [2.75, 3.05) is 24.7 Å². The minimum Gasteiger partial charge on any atom is -0.376 e. The molecule has 4 rings (SSSR count). The fourth-order valence-electron chi connectivity index (χ4n) is 4.17. The van der Waals surface area contributed by atoms with Gasteiger partial charge in [-0.25, -0.2) is 8.42 Å². The average Bonchev–Trinajstić information content (AvgIpc) is 3.30. The van der Waals surface area contributed by atoms with Gasteiger partial charge in [-0.15, -0.1) is 0 Å². The van der Waals surface area contributed by atoms with Gasteiger partial charge in [-0.1, -0.05) is 0 Å². The molecule has 1 aromatic rings. The van der Waals surface area contributed by atoms with E-state index >= 15 is 0 Å². The zero-order valence-corrected chi connectivity index (χ0v) is 15.2. The van der Waals surface area contributed by atoms with Crippen molar-refractivity contribution in [1.82, 2.24) is 15.1 Å². The summed E-state index contributed by atoms with van der Waals surface area (Å²) >= 11 is 0. The van der Waals surface area contributed by atoms with Crippen molar-refractivity contribution in [2.45, 2.75) is 57.1 Å². The highest BCUT2D eigenvalue weighted by Gasteiger charge is 2.34. The van der Waals surface area contributed by atoms with E-state index in [9.17, 15) is 13.2 Å². The number of hydrogen-bond donors (Lipinski definition) is 1. The lowest BCUT2D eigenvalue weighted by Gasteiger charge is -2.17. The highest BCUT2D eigenvalue weighted by molar-refractivity contribution is 7.91. The smallest absolute Gasteiger partial charge is 0.272 e. The van der Waals surface area contributed by atoms with Gasteiger partial charge >= 0.3 is 0 Å². The molecule has 25 heavy (non-hydrogen) atoms. The fourth-order valence-corrected chi connectivity index (χ4v) is 5.87. The topological polar surface area (TPSA) is 90.3 Å². The lowest BCUT2D eigenvalue weighted by Crippen LogP contribution is -2.32. The number of aromatic nitrogens is 2. The summed E-state index contributed by atoms with van der Waals surface area (Å²) in [7, 11) is -2.98. The average molecular weight is 367 g/mol. The minimum atomic E-state index is -2.98. The maximum Gasteiger partial charge on any atom is 0.272 e. The van der Waals surface area contributed by atoms with Crippen LogP contribution in [0.1, 0.15) is 59.9 Å². The Morgan fingerprint density at radius 1 is 1.24 bits per heavy atom. The Morgan fingerprint density at radius 3 is 2.80 bits per heavy atom. The number of nitrogens with zero attached hydrogens (tertiary/aromatic N) is 2. The van der Waals surface area contributed by atoms with Crippen molar-refractivity contribution in [3.63, 3.8) is 0 Å². The van der Waals surface area contributed by atoms with Crippen LogP contribution < -0.4 is 5.32 Å². The monoisotopic (exact) mass is 367 g/mol. The van der Waals surface area contributed by atoms with Crippen LogP contribution in [-0.2, 0) is 27.4 Å². The van der Waals surface area contributed by atoms with Crippen molar-refractivity contribution in [3.05, 3.63) is 17.0 Å². The molecule has 1 aromatic heterocycles. The van der Waals surface area contributed by atoms with Crippen LogP contribution in [0.25, 0.3) is 0 Å². The van der Waals surface area contributed by atoms with E-state index in [1.165, 1.54) is 0 Å². The molecule has 3 heterocycles. The normalized spacial score (nSPS) is 28.0. The van der Waals surface area contributed by atoms with E-state index < -0.39 is 9.84 Å². The van der Waals surface area contributed by atoms with E-state index in [2.05, 4.69) is 10.4 Å². The molecule has 2 aliphatic heterocycles. The molecule has 7 nitrogen and oxygen atoms in total. The Labute approximate surface area is 148 Å². The predicted octanol–water partition coefficient (Wildman–Crippen LogP) is 1.03. The number of amides is 1. The SMILES string of the molecule is O=C(NCC1CCCO1)c1nn(C2CCS(=O)(=O)C2)c2c1CCCC2. The van der Waals surface area contributed by atoms with Crippen molar-refractivity contribution >= 4 is 15.7 Å². The predicted molar refractivity (Wildman–Crippen MR) is 92.5 cm³/mol. The molecule has 0 saturated carbocycles. The first-order valence-corrected chi connectivity index (χ1v) is 11.1. The zero-order chi connectivity index (χ0) is 17.4. The number of ether oxygens (including phenoxy) is 1. The van der Waals surface area contributed by atoms with Crippen molar-refractivity contribution in [2.24, 2.45) is 0 Å². The zero-order valence-electron chi connectivity index (χ0n) is 14.4. The van der Waals surface area contributed by atoms with Gasteiger partial charge in [0.15, 0.2) is 15.5 Å². The van der Waals surface area contributed by atoms with E-state index in [1.54, 1.807) is 0 Å². The van der Waals surface area contributed by atoms with Crippen LogP contribution in [0.15, 0.2) is 0 Å². The Hall–Kier alpha value is -1.41. The van der Waals surface area contributed by atoms with Crippen LogP contribution in [-0.4, -0.2) is 54.9 Å². The molecule has 2 atom stereocenters. The number of sulfone groups is 1. The molecule has 2 saturated heterocycles. The lowest BCUT2D eigenvalue weighted by atomic mass is 9.95. The van der Waals surface area contributed by atoms with Gasteiger partial charge < -0.3 is 10.1 Å². The maximum atomic E-state index is 12.7. The number of carbonyl (C=O) groups excluding carboxylic acids is 1. The van der Waals surface area contributed by atoms with Crippen molar-refractivity contribution in [3.8, 4) is 0 Å². The second-order valence-corrected chi connectivity index (χ2v) is 9.56. The molecule has 0 bridgehead atoms. The summed E-state index contributed by atoms with van der Waals surface area (Å²) in [5, 5.41) is 7.54. The van der Waals surface area contributed by atoms with Crippen LogP contribution in [0.5, 0.6) is 0 Å². The summed E-state index contributed by atoms with van der Waals surface area (Å²) in [5.41, 5.74) is 2.56. The minimum absolute atomic E-state index is 0.0989. The molecular weight excluding hydrogens is 342 g/mol. The van der Waals surface area contributed by atoms with E-state index in [0.717, 1.165) is 56.4 Å². The molecule has 8 heteroatoms. The Bertz CT molecular complexity index is 765. The lowest BCUT2D eigenvalue weighted by molar-refractivity contribution is 0.0852. The summed E-state index contributed by atoms with van der Waals surface area (Å²) in [6, 6.07) is -0.128. The van der Waals surface area contributed by atoms with Gasteiger partial charge in [-0.3, -0.25) is 9.48 Å². The van der Waals surface area contributed by atoms with E-state index in [1.807, 2.05) is 4.68 Å². The second-order valence-electron chi connectivity index (χ2n) is 7.33. The molecule has 1 amide bonds. The summed E-state index contributed by atoms with van der Waals surface area (Å²) in [5.74, 6) is 0.193. The van der Waals surface area contributed by atoms with Gasteiger partial charge in [-0.2, -0.15) is 5.10 Å². The van der Waals surface area contributed by atoms with Gasteiger partial charge in [0.25, 0.3) is 5.91 Å². The summed E-state index contributed by atoms with van der Waals surface area (Å²) < 4.78 is 31.1. The van der Waals surface area contributed by atoms with E-state index in [4.69, 9.17) is 4.74 Å². The van der Waals surface area contributed by atoms with E-state index in [-0.39, 0.29) is 29.6 Å². The number of carbonyl (C=O) groups is 1. The fraction of sp³-hybridized carbons (Fsp3) is 0.765. The van der Waals surface area contributed by atoms with E-state index in [0.29, 0.717) is 18.7 Å². The molecular formula is C17H25N3O4S. The Kier molecular flexibility index (Phi) is 4.58. The summed E-state index contributed by atoms with van der Waals surface area (Å²) in [6.07, 6.45) is 6.54. The quantitative estimate of drug-likeness (QED) is 0.858. The van der Waals surface area contributed by atoms with Crippen molar-refractivity contribution < 1.29 is 17.9 Å². The highest BCUT2D eigenvalue weighted by atomic mass is 32.2. The van der Waals surface area contributed by atoms with Crippen LogP contribution in [0.2, 0.25) is 0 Å². The molecule has 2 fully saturated rings. The van der Waals surface area contributed by atoms with Crippen molar-refractivity contribution in [1.29, 1.82) is 0 Å². The molecule has 1 aliphatic carbocycles. The van der Waals surface area contributed by atoms with Gasteiger partial charge in [0.1, 0.15) is 0 Å². The third kappa shape index (κ3) is 3.46. The Balaban J connectivity index is 1.56. The summed E-state index contributed by atoms with van der Waals surface area (Å²) in [6.45, 7) is 1.28. The first kappa shape index (κ1) is 17.0. The summed E-state index contributed by atoms with van der Waals surface area (Å²) in [4.78, 5) is 12.7. The van der Waals surface area contributed by atoms with Gasteiger partial charge in [0, 0.05) is 24.4 Å². The van der Waals surface area contributed by atoms with Crippen LogP contribution in [0.4, 0.5) is 0 Å². The molecule has 138 valence electrons. The number of fused-ring (bicyclic) bond motifs is 1. The molecule has 0 spiro atoms. The first-order chi connectivity index (χ1) is 12.0. The highest BCUT2D eigenvalue weighted by Crippen LogP contribution is 2.31. The second kappa shape index (κ2) is 6.72. The standard InChI is InChI=1S/C17H25N3O4S/c21-17(18-10-13-4-3-8-24-13)16-14-5-1-2-6-15(14)20(19-16)12-7-9-25(22,23)11-12/h12-13H,1-11H2,(H,18,21). The third-order valence-corrected chi connectivity index (χ3v) is 7.24. The Morgan fingerprint density at radius 2 is 2.08 bits per heavy atom. The van der Waals surface area contributed by atoms with Crippen LogP contribution in [0.3, 0.4) is 0 Å². The maximum absolute atomic E-state index is 12.7. The van der Waals surface area contributed by atoms with Crippen LogP contribution in [0, 0.1) is 0 Å². The molecule has 3 aliphatic rings. The van der Waals surface area contributed by atoms with Gasteiger partial charge in [0.2, 0.25) is 0 Å². The number of nitrogens with one attached hydrogen (secondary N) is 1. The first-order valence-electron chi connectivity index (χ1n) is 9.24.